The van der Waals surface area contributed by atoms with Crippen molar-refractivity contribution in [3.8, 4) is 0 Å². The summed E-state index contributed by atoms with van der Waals surface area (Å²) < 4.78 is 0. The molecule has 0 bridgehead atoms. The molecule has 0 aromatic carbocycles. The van der Waals surface area contributed by atoms with E-state index < -0.39 is 0 Å². The predicted molar refractivity (Wildman–Crippen MR) is 120 cm³/mol. The summed E-state index contributed by atoms with van der Waals surface area (Å²) in [6.07, 6.45) is 6.62. The van der Waals surface area contributed by atoms with Crippen LogP contribution in [0.15, 0.2) is 23.3 Å². The highest BCUT2D eigenvalue weighted by Gasteiger charge is 2.17. The van der Waals surface area contributed by atoms with E-state index in [1.54, 1.807) is 0 Å². The minimum atomic E-state index is 0. The minimum Gasteiger partial charge on any atom is -0.357 e. The number of nitrogens with zero attached hydrogens (tertiary/aromatic N) is 4. The smallest absolute Gasteiger partial charge is 0.241 e. The van der Waals surface area contributed by atoms with Gasteiger partial charge in [0, 0.05) is 38.9 Å². The number of aliphatic imine (C=N–C) groups is 1. The van der Waals surface area contributed by atoms with Gasteiger partial charge in [-0.2, -0.15) is 0 Å². The Labute approximate surface area is 179 Å². The second kappa shape index (κ2) is 11.3. The molecule has 1 aromatic rings. The number of rotatable bonds is 6. The van der Waals surface area contributed by atoms with Gasteiger partial charge >= 0.3 is 0 Å². The van der Waals surface area contributed by atoms with Crippen molar-refractivity contribution < 1.29 is 4.79 Å². The molecule has 0 spiro atoms. The molecule has 2 N–H and O–H groups in total. The van der Waals surface area contributed by atoms with Crippen molar-refractivity contribution in [2.45, 2.75) is 39.2 Å². The summed E-state index contributed by atoms with van der Waals surface area (Å²) in [4.78, 5) is 25.5. The normalized spacial score (nSPS) is 17.0. The Morgan fingerprint density at radius 3 is 2.44 bits per heavy atom. The molecular formula is C19H31IN6O. The molecule has 150 valence electrons. The van der Waals surface area contributed by atoms with Crippen molar-refractivity contribution in [2.24, 2.45) is 4.99 Å². The van der Waals surface area contributed by atoms with Crippen LogP contribution in [0.25, 0.3) is 0 Å². The van der Waals surface area contributed by atoms with Gasteiger partial charge in [0.15, 0.2) is 5.96 Å². The first-order chi connectivity index (χ1) is 12.8. The number of pyridine rings is 1. The van der Waals surface area contributed by atoms with Crippen molar-refractivity contribution in [3.05, 3.63) is 23.9 Å². The van der Waals surface area contributed by atoms with E-state index in [2.05, 4.69) is 37.6 Å². The lowest BCUT2D eigenvalue weighted by atomic mass is 10.3. The van der Waals surface area contributed by atoms with Crippen molar-refractivity contribution in [3.63, 3.8) is 0 Å². The van der Waals surface area contributed by atoms with Crippen LogP contribution in [0.5, 0.6) is 0 Å². The Bertz CT molecular complexity index is 609. The topological polar surface area (TPSA) is 72.9 Å². The van der Waals surface area contributed by atoms with E-state index in [-0.39, 0.29) is 36.4 Å². The second-order valence-electron chi connectivity index (χ2n) is 6.86. The molecular weight excluding hydrogens is 455 g/mol. The van der Waals surface area contributed by atoms with Crippen molar-refractivity contribution in [1.29, 1.82) is 0 Å². The number of amides is 1. The van der Waals surface area contributed by atoms with Crippen LogP contribution in [0, 0.1) is 0 Å². The number of likely N-dealkylation sites (tertiary alicyclic amines) is 1. The largest absolute Gasteiger partial charge is 0.357 e. The van der Waals surface area contributed by atoms with E-state index >= 15 is 0 Å². The van der Waals surface area contributed by atoms with Gasteiger partial charge in [0.05, 0.1) is 13.1 Å². The van der Waals surface area contributed by atoms with Crippen molar-refractivity contribution in [2.75, 3.05) is 44.2 Å². The average molecular weight is 486 g/mol. The molecule has 3 rings (SSSR count). The van der Waals surface area contributed by atoms with Crippen LogP contribution in [-0.4, -0.2) is 61.0 Å². The van der Waals surface area contributed by atoms with Crippen molar-refractivity contribution in [1.82, 2.24) is 20.5 Å². The second-order valence-corrected chi connectivity index (χ2v) is 6.86. The van der Waals surface area contributed by atoms with Crippen LogP contribution in [0.2, 0.25) is 0 Å². The van der Waals surface area contributed by atoms with E-state index in [4.69, 9.17) is 0 Å². The zero-order chi connectivity index (χ0) is 18.2. The SMILES string of the molecule is CCNC(=NCc1ccc(N2CCCC2)nc1)NCC(=O)N1CCCC1.I. The molecule has 1 amide bonds. The van der Waals surface area contributed by atoms with E-state index in [1.807, 2.05) is 18.0 Å². The summed E-state index contributed by atoms with van der Waals surface area (Å²) in [5.41, 5.74) is 1.07. The zero-order valence-corrected chi connectivity index (χ0v) is 18.4. The van der Waals surface area contributed by atoms with Gasteiger partial charge in [-0.05, 0) is 44.2 Å². The Hall–Kier alpha value is -1.58. The molecule has 0 atom stereocenters. The van der Waals surface area contributed by atoms with Crippen LogP contribution in [-0.2, 0) is 11.3 Å². The zero-order valence-electron chi connectivity index (χ0n) is 16.1. The lowest BCUT2D eigenvalue weighted by molar-refractivity contribution is -0.128. The molecule has 2 aliphatic rings. The number of carbonyl (C=O) groups excluding carboxylic acids is 1. The highest BCUT2D eigenvalue weighted by atomic mass is 127. The highest BCUT2D eigenvalue weighted by Crippen LogP contribution is 2.17. The third kappa shape index (κ3) is 6.51. The van der Waals surface area contributed by atoms with E-state index in [0.29, 0.717) is 12.5 Å². The lowest BCUT2D eigenvalue weighted by Crippen LogP contribution is -2.44. The van der Waals surface area contributed by atoms with Gasteiger partial charge in [-0.1, -0.05) is 6.07 Å². The molecule has 7 nitrogen and oxygen atoms in total. The van der Waals surface area contributed by atoms with E-state index in [0.717, 1.165) is 56.9 Å². The minimum absolute atomic E-state index is 0. The number of aromatic nitrogens is 1. The number of hydrogen-bond donors (Lipinski definition) is 2. The number of anilines is 1. The molecule has 3 heterocycles. The van der Waals surface area contributed by atoms with Gasteiger partial charge in [-0.15, -0.1) is 24.0 Å². The molecule has 1 aromatic heterocycles. The first kappa shape index (κ1) is 21.7. The first-order valence-corrected chi connectivity index (χ1v) is 9.76. The molecule has 2 saturated heterocycles. The number of guanidine groups is 1. The standard InChI is InChI=1S/C19H30N6O.HI/c1-2-20-19(23-15-18(26)25-11-5-6-12-25)22-14-16-7-8-17(21-13-16)24-9-3-4-10-24;/h7-8,13H,2-6,9-12,14-15H2,1H3,(H2,20,22,23);1H. The van der Waals surface area contributed by atoms with Crippen molar-refractivity contribution >= 4 is 41.7 Å². The van der Waals surface area contributed by atoms with Gasteiger partial charge in [-0.25, -0.2) is 9.98 Å². The van der Waals surface area contributed by atoms with Gasteiger partial charge in [0.2, 0.25) is 5.91 Å². The highest BCUT2D eigenvalue weighted by molar-refractivity contribution is 14.0. The summed E-state index contributed by atoms with van der Waals surface area (Å²) in [6.45, 7) is 7.57. The lowest BCUT2D eigenvalue weighted by Gasteiger charge is -2.17. The maximum Gasteiger partial charge on any atom is 0.241 e. The van der Waals surface area contributed by atoms with Gasteiger partial charge in [-0.3, -0.25) is 4.79 Å². The fraction of sp³-hybridized carbons (Fsp3) is 0.632. The first-order valence-electron chi connectivity index (χ1n) is 9.76. The summed E-state index contributed by atoms with van der Waals surface area (Å²) in [5.74, 6) is 1.87. The number of halogens is 1. The quantitative estimate of drug-likeness (QED) is 0.366. The molecule has 0 saturated carbocycles. The van der Waals surface area contributed by atoms with Gasteiger partial charge in [0.25, 0.3) is 0 Å². The maximum atomic E-state index is 12.2. The third-order valence-electron chi connectivity index (χ3n) is 4.87. The van der Waals surface area contributed by atoms with Crippen LogP contribution in [0.3, 0.4) is 0 Å². The molecule has 0 unspecified atom stereocenters. The molecule has 27 heavy (non-hydrogen) atoms. The summed E-state index contributed by atoms with van der Waals surface area (Å²) in [7, 11) is 0. The monoisotopic (exact) mass is 486 g/mol. The van der Waals surface area contributed by atoms with Crippen LogP contribution in [0.4, 0.5) is 5.82 Å². The number of carbonyl (C=O) groups is 1. The Balaban J connectivity index is 0.00000261. The number of hydrogen-bond acceptors (Lipinski definition) is 4. The van der Waals surface area contributed by atoms with Crippen LogP contribution < -0.4 is 15.5 Å². The summed E-state index contributed by atoms with van der Waals surface area (Å²) >= 11 is 0. The fourth-order valence-corrected chi connectivity index (χ4v) is 3.39. The Morgan fingerprint density at radius 2 is 1.81 bits per heavy atom. The van der Waals surface area contributed by atoms with E-state index in [1.165, 1.54) is 12.8 Å². The summed E-state index contributed by atoms with van der Waals surface area (Å²) in [5, 5.41) is 6.34. The molecule has 8 heteroatoms. The van der Waals surface area contributed by atoms with Crippen LogP contribution >= 0.6 is 24.0 Å². The third-order valence-corrected chi connectivity index (χ3v) is 4.87. The van der Waals surface area contributed by atoms with E-state index in [9.17, 15) is 4.79 Å². The Kier molecular flexibility index (Phi) is 9.09. The Morgan fingerprint density at radius 1 is 1.11 bits per heavy atom. The summed E-state index contributed by atoms with van der Waals surface area (Å²) in [6, 6.07) is 4.16. The fourth-order valence-electron chi connectivity index (χ4n) is 3.39. The molecule has 0 aliphatic carbocycles. The molecule has 2 aliphatic heterocycles. The molecule has 0 radical (unpaired) electrons. The number of nitrogens with one attached hydrogen (secondary N) is 2. The van der Waals surface area contributed by atoms with Crippen LogP contribution in [0.1, 0.15) is 38.2 Å². The average Bonchev–Trinajstić information content (AvgIpc) is 3.38. The van der Waals surface area contributed by atoms with Gasteiger partial charge < -0.3 is 20.4 Å². The maximum absolute atomic E-state index is 12.2. The molecule has 2 fully saturated rings. The predicted octanol–water partition coefficient (Wildman–Crippen LogP) is 1.98. The van der Waals surface area contributed by atoms with Gasteiger partial charge in [0.1, 0.15) is 5.82 Å².